The van der Waals surface area contributed by atoms with Gasteiger partial charge in [0.15, 0.2) is 5.79 Å². The first kappa shape index (κ1) is 17.6. The average Bonchev–Trinajstić information content (AvgIpc) is 3.05. The summed E-state index contributed by atoms with van der Waals surface area (Å²) >= 11 is 0. The molecule has 0 aromatic carbocycles. The molecule has 4 aliphatic carbocycles. The van der Waals surface area contributed by atoms with Crippen LogP contribution in [0.5, 0.6) is 0 Å². The lowest BCUT2D eigenvalue weighted by molar-refractivity contribution is -0.186. The monoisotopic (exact) mass is 362 g/mol. The highest BCUT2D eigenvalue weighted by atomic mass is 16.8. The van der Waals surface area contributed by atoms with E-state index in [2.05, 4.69) is 13.8 Å². The van der Waals surface area contributed by atoms with Crippen LogP contribution in [-0.2, 0) is 14.3 Å². The van der Waals surface area contributed by atoms with Crippen molar-refractivity contribution in [3.63, 3.8) is 0 Å². The van der Waals surface area contributed by atoms with Gasteiger partial charge >= 0.3 is 0 Å². The summed E-state index contributed by atoms with van der Waals surface area (Å²) in [6.07, 6.45) is 6.66. The van der Waals surface area contributed by atoms with E-state index in [0.29, 0.717) is 29.5 Å². The topological polar surface area (TPSA) is 55.8 Å². The van der Waals surface area contributed by atoms with Crippen molar-refractivity contribution in [2.75, 3.05) is 0 Å². The van der Waals surface area contributed by atoms with E-state index < -0.39 is 5.79 Å². The normalized spacial score (nSPS) is 57.9. The van der Waals surface area contributed by atoms with Gasteiger partial charge in [0, 0.05) is 11.8 Å². The number of ether oxygens (including phenoxy) is 2. The zero-order chi connectivity index (χ0) is 18.5. The molecule has 5 fully saturated rings. The second kappa shape index (κ2) is 5.33. The van der Waals surface area contributed by atoms with Crippen LogP contribution in [0.2, 0.25) is 0 Å². The molecule has 0 aromatic heterocycles. The average molecular weight is 363 g/mol. The van der Waals surface area contributed by atoms with Crippen LogP contribution in [0.3, 0.4) is 0 Å². The van der Waals surface area contributed by atoms with Gasteiger partial charge in [-0.15, -0.1) is 0 Å². The number of aliphatic hydroxyl groups excluding tert-OH is 1. The molecule has 1 saturated heterocycles. The van der Waals surface area contributed by atoms with Crippen molar-refractivity contribution in [1.82, 2.24) is 0 Å². The Labute approximate surface area is 157 Å². The number of carbonyl (C=O) groups excluding carboxylic acids is 1. The number of ketones is 1. The van der Waals surface area contributed by atoms with Crippen molar-refractivity contribution < 1.29 is 19.4 Å². The standard InChI is InChI=1S/C22H34O4/c1-20(2)25-18-15-11-12(23)7-9-21(15,3)14-8-10-22(4)13(5-6-16(22)24)17(14)19(18)26-20/h12-15,17-19,23H,5-11H2,1-4H3/t12-,13-,14-,15?,17-,18+,19+,21+,22-/m0/s1. The maximum absolute atomic E-state index is 12.7. The predicted molar refractivity (Wildman–Crippen MR) is 97.3 cm³/mol. The summed E-state index contributed by atoms with van der Waals surface area (Å²) in [6, 6.07) is 0. The summed E-state index contributed by atoms with van der Waals surface area (Å²) in [7, 11) is 0. The molecule has 4 saturated carbocycles. The molecule has 1 unspecified atom stereocenters. The van der Waals surface area contributed by atoms with Gasteiger partial charge in [-0.25, -0.2) is 0 Å². The molecule has 1 N–H and O–H groups in total. The molecule has 4 nitrogen and oxygen atoms in total. The molecule has 5 aliphatic rings. The van der Waals surface area contributed by atoms with Crippen LogP contribution in [0.15, 0.2) is 0 Å². The zero-order valence-electron chi connectivity index (χ0n) is 16.7. The minimum absolute atomic E-state index is 0.0595. The number of hydrogen-bond donors (Lipinski definition) is 1. The maximum atomic E-state index is 12.7. The number of rotatable bonds is 0. The Kier molecular flexibility index (Phi) is 3.61. The molecule has 1 aliphatic heterocycles. The van der Waals surface area contributed by atoms with Gasteiger partial charge in [0.2, 0.25) is 0 Å². The fourth-order valence-electron chi connectivity index (χ4n) is 7.93. The van der Waals surface area contributed by atoms with E-state index in [-0.39, 0.29) is 29.1 Å². The van der Waals surface area contributed by atoms with Crippen molar-refractivity contribution in [2.24, 2.45) is 34.5 Å². The highest BCUT2D eigenvalue weighted by Crippen LogP contribution is 2.67. The van der Waals surface area contributed by atoms with E-state index in [9.17, 15) is 9.90 Å². The van der Waals surface area contributed by atoms with Gasteiger partial charge in [-0.2, -0.15) is 0 Å². The van der Waals surface area contributed by atoms with Crippen molar-refractivity contribution in [3.8, 4) is 0 Å². The van der Waals surface area contributed by atoms with Gasteiger partial charge in [0.05, 0.1) is 18.3 Å². The van der Waals surface area contributed by atoms with Crippen LogP contribution in [0, 0.1) is 34.5 Å². The third-order valence-electron chi connectivity index (χ3n) is 9.22. The Balaban J connectivity index is 1.59. The van der Waals surface area contributed by atoms with Gasteiger partial charge in [-0.05, 0) is 81.5 Å². The third kappa shape index (κ3) is 2.15. The molecule has 4 heteroatoms. The summed E-state index contributed by atoms with van der Waals surface area (Å²) in [5.74, 6) is 1.71. The molecule has 0 radical (unpaired) electrons. The summed E-state index contributed by atoms with van der Waals surface area (Å²) in [4.78, 5) is 12.7. The fraction of sp³-hybridized carbons (Fsp3) is 0.955. The molecule has 0 spiro atoms. The number of aliphatic hydroxyl groups is 1. The Morgan fingerprint density at radius 3 is 2.42 bits per heavy atom. The van der Waals surface area contributed by atoms with Crippen LogP contribution in [-0.4, -0.2) is 35.0 Å². The van der Waals surface area contributed by atoms with Crippen LogP contribution in [0.1, 0.15) is 72.6 Å². The first-order valence-electron chi connectivity index (χ1n) is 10.7. The molecule has 146 valence electrons. The van der Waals surface area contributed by atoms with Gasteiger partial charge < -0.3 is 14.6 Å². The summed E-state index contributed by atoms with van der Waals surface area (Å²) in [5.41, 5.74) is 0.0427. The van der Waals surface area contributed by atoms with E-state index in [1.54, 1.807) is 0 Å². The second-order valence-electron chi connectivity index (χ2n) is 10.8. The Hall–Kier alpha value is -0.450. The third-order valence-corrected chi connectivity index (χ3v) is 9.22. The molecule has 1 heterocycles. The van der Waals surface area contributed by atoms with E-state index in [1.165, 1.54) is 0 Å². The van der Waals surface area contributed by atoms with Crippen LogP contribution < -0.4 is 0 Å². The number of Topliss-reactive ketones (excluding diaryl/α,β-unsaturated/α-hetero) is 1. The summed E-state index contributed by atoms with van der Waals surface area (Å²) < 4.78 is 13.0. The molecule has 5 rings (SSSR count). The molecule has 0 bridgehead atoms. The minimum atomic E-state index is -0.565. The molecule has 0 aromatic rings. The number of fused-ring (bicyclic) bond motifs is 8. The van der Waals surface area contributed by atoms with Crippen molar-refractivity contribution in [2.45, 2.75) is 96.7 Å². The van der Waals surface area contributed by atoms with Crippen LogP contribution in [0.4, 0.5) is 0 Å². The molecule has 26 heavy (non-hydrogen) atoms. The number of hydrogen-bond acceptors (Lipinski definition) is 4. The van der Waals surface area contributed by atoms with E-state index in [1.807, 2.05) is 13.8 Å². The van der Waals surface area contributed by atoms with Crippen molar-refractivity contribution in [1.29, 1.82) is 0 Å². The van der Waals surface area contributed by atoms with Crippen LogP contribution >= 0.6 is 0 Å². The molecule has 9 atom stereocenters. The van der Waals surface area contributed by atoms with E-state index in [0.717, 1.165) is 44.9 Å². The minimum Gasteiger partial charge on any atom is -0.393 e. The summed E-state index contributed by atoms with van der Waals surface area (Å²) in [6.45, 7) is 8.72. The number of carbonyl (C=O) groups is 1. The first-order chi connectivity index (χ1) is 12.2. The van der Waals surface area contributed by atoms with Crippen molar-refractivity contribution >= 4 is 5.78 Å². The van der Waals surface area contributed by atoms with Gasteiger partial charge in [-0.1, -0.05) is 13.8 Å². The lowest BCUT2D eigenvalue weighted by atomic mass is 9.44. The SMILES string of the molecule is CC1(C)O[C@@H]2[C@@H]3[C@H](CC[C@]4(C)C(=O)CC[C@@H]34)[C@@]3(C)CC[C@H](O)CC3[C@H]2O1. The molecule has 0 amide bonds. The second-order valence-corrected chi connectivity index (χ2v) is 10.8. The molecular weight excluding hydrogens is 328 g/mol. The zero-order valence-corrected chi connectivity index (χ0v) is 16.7. The lowest BCUT2D eigenvalue weighted by Gasteiger charge is -2.62. The summed E-state index contributed by atoms with van der Waals surface area (Å²) in [5, 5.41) is 10.4. The van der Waals surface area contributed by atoms with Gasteiger partial charge in [0.1, 0.15) is 5.78 Å². The van der Waals surface area contributed by atoms with E-state index >= 15 is 0 Å². The van der Waals surface area contributed by atoms with Gasteiger partial charge in [0.25, 0.3) is 0 Å². The first-order valence-corrected chi connectivity index (χ1v) is 10.7. The largest absolute Gasteiger partial charge is 0.393 e. The van der Waals surface area contributed by atoms with E-state index in [4.69, 9.17) is 9.47 Å². The van der Waals surface area contributed by atoms with Crippen LogP contribution in [0.25, 0.3) is 0 Å². The molecular formula is C22H34O4. The fourth-order valence-corrected chi connectivity index (χ4v) is 7.93. The maximum Gasteiger partial charge on any atom is 0.163 e. The highest BCUT2D eigenvalue weighted by Gasteiger charge is 2.68. The smallest absolute Gasteiger partial charge is 0.163 e. The highest BCUT2D eigenvalue weighted by molar-refractivity contribution is 5.87. The predicted octanol–water partition coefficient (Wildman–Crippen LogP) is 3.70. The lowest BCUT2D eigenvalue weighted by Crippen LogP contribution is -2.63. The Morgan fingerprint density at radius 1 is 0.923 bits per heavy atom. The Bertz CT molecular complexity index is 630. The van der Waals surface area contributed by atoms with Crippen molar-refractivity contribution in [3.05, 3.63) is 0 Å². The Morgan fingerprint density at radius 2 is 1.65 bits per heavy atom. The quantitative estimate of drug-likeness (QED) is 0.714. The van der Waals surface area contributed by atoms with Gasteiger partial charge in [-0.3, -0.25) is 4.79 Å².